The number of nitrogens with zero attached hydrogens (tertiary/aromatic N) is 3. The Labute approximate surface area is 138 Å². The molecule has 1 aliphatic carbocycles. The molecule has 0 unspecified atom stereocenters. The number of hydrogen-bond acceptors (Lipinski definition) is 5. The summed E-state index contributed by atoms with van der Waals surface area (Å²) < 4.78 is 7.73. The third kappa shape index (κ3) is 2.57. The average molecular weight is 327 g/mol. The number of benzene rings is 1. The number of para-hydroxylation sites is 1. The van der Waals surface area contributed by atoms with E-state index < -0.39 is 0 Å². The molecule has 0 saturated heterocycles. The number of carbonyl (C=O) groups excluding carboxylic acids is 1. The van der Waals surface area contributed by atoms with Gasteiger partial charge in [0.15, 0.2) is 10.9 Å². The lowest BCUT2D eigenvalue weighted by atomic mass is 10.1. The van der Waals surface area contributed by atoms with E-state index in [1.54, 1.807) is 0 Å². The molecule has 1 fully saturated rings. The summed E-state index contributed by atoms with van der Waals surface area (Å²) in [6, 6.07) is 7.72. The Kier molecular flexibility index (Phi) is 3.49. The Hall–Kier alpha value is -2.08. The molecule has 0 aliphatic heterocycles. The normalized spacial score (nSPS) is 14.5. The van der Waals surface area contributed by atoms with Gasteiger partial charge in [-0.15, -0.1) is 10.2 Å². The fourth-order valence-electron chi connectivity index (χ4n) is 2.78. The second-order valence-electron chi connectivity index (χ2n) is 5.94. The van der Waals surface area contributed by atoms with E-state index in [2.05, 4.69) is 10.2 Å². The molecular weight excluding hydrogens is 310 g/mol. The smallest absolute Gasteiger partial charge is 0.208 e. The van der Waals surface area contributed by atoms with Crippen molar-refractivity contribution in [1.29, 1.82) is 0 Å². The van der Waals surface area contributed by atoms with Crippen LogP contribution in [0.3, 0.4) is 0 Å². The lowest BCUT2D eigenvalue weighted by Crippen LogP contribution is -2.04. The quantitative estimate of drug-likeness (QED) is 0.528. The average Bonchev–Trinajstić information content (AvgIpc) is 3.26. The van der Waals surface area contributed by atoms with Crippen LogP contribution >= 0.6 is 11.8 Å². The Balaban J connectivity index is 1.52. The molecule has 1 aromatic carbocycles. The van der Waals surface area contributed by atoms with Gasteiger partial charge in [-0.05, 0) is 25.8 Å². The van der Waals surface area contributed by atoms with Gasteiger partial charge in [0.05, 0.1) is 5.75 Å². The van der Waals surface area contributed by atoms with Gasteiger partial charge < -0.3 is 8.98 Å². The Morgan fingerprint density at radius 2 is 2.13 bits per heavy atom. The summed E-state index contributed by atoms with van der Waals surface area (Å²) in [5, 5.41) is 10.2. The number of fused-ring (bicyclic) bond motifs is 1. The lowest BCUT2D eigenvalue weighted by Gasteiger charge is -2.02. The number of ketones is 1. The summed E-state index contributed by atoms with van der Waals surface area (Å²) in [4.78, 5) is 12.5. The maximum absolute atomic E-state index is 12.5. The van der Waals surface area contributed by atoms with Gasteiger partial charge in [-0.2, -0.15) is 0 Å². The molecule has 23 heavy (non-hydrogen) atoms. The largest absolute Gasteiger partial charge is 0.453 e. The minimum atomic E-state index is -0.0142. The van der Waals surface area contributed by atoms with Gasteiger partial charge in [-0.1, -0.05) is 30.0 Å². The van der Waals surface area contributed by atoms with E-state index in [-0.39, 0.29) is 5.78 Å². The minimum Gasteiger partial charge on any atom is -0.453 e. The van der Waals surface area contributed by atoms with Gasteiger partial charge in [-0.25, -0.2) is 0 Å². The van der Waals surface area contributed by atoms with Crippen LogP contribution in [0, 0.1) is 6.92 Å². The Morgan fingerprint density at radius 3 is 2.87 bits per heavy atom. The topological polar surface area (TPSA) is 60.9 Å². The second kappa shape index (κ2) is 5.53. The zero-order valence-corrected chi connectivity index (χ0v) is 13.9. The second-order valence-corrected chi connectivity index (χ2v) is 6.88. The summed E-state index contributed by atoms with van der Waals surface area (Å²) in [7, 11) is 1.97. The number of aryl methyl sites for hydroxylation is 1. The zero-order chi connectivity index (χ0) is 16.0. The summed E-state index contributed by atoms with van der Waals surface area (Å²) in [6.07, 6.45) is 2.38. The molecule has 0 amide bonds. The van der Waals surface area contributed by atoms with Gasteiger partial charge in [0.25, 0.3) is 0 Å². The summed E-state index contributed by atoms with van der Waals surface area (Å²) in [5.74, 6) is 2.31. The van der Waals surface area contributed by atoms with Crippen molar-refractivity contribution in [3.05, 3.63) is 41.4 Å². The van der Waals surface area contributed by atoms with E-state index in [0.717, 1.165) is 27.5 Å². The van der Waals surface area contributed by atoms with Crippen molar-refractivity contribution >= 4 is 28.5 Å². The van der Waals surface area contributed by atoms with Crippen LogP contribution in [-0.4, -0.2) is 26.3 Å². The minimum absolute atomic E-state index is 0.0142. The fraction of sp³-hybridized carbons (Fsp3) is 0.353. The van der Waals surface area contributed by atoms with Crippen molar-refractivity contribution in [2.75, 3.05) is 5.75 Å². The molecule has 118 valence electrons. The highest BCUT2D eigenvalue weighted by Gasteiger charge is 2.29. The number of furan rings is 1. The first-order valence-electron chi connectivity index (χ1n) is 7.68. The van der Waals surface area contributed by atoms with Crippen molar-refractivity contribution in [2.45, 2.75) is 30.8 Å². The molecule has 0 atom stereocenters. The number of hydrogen-bond donors (Lipinski definition) is 0. The number of aromatic nitrogens is 3. The van der Waals surface area contributed by atoms with Gasteiger partial charge >= 0.3 is 0 Å². The van der Waals surface area contributed by atoms with Crippen molar-refractivity contribution < 1.29 is 9.21 Å². The molecule has 1 aliphatic rings. The van der Waals surface area contributed by atoms with E-state index in [4.69, 9.17) is 4.42 Å². The fourth-order valence-corrected chi connectivity index (χ4v) is 3.56. The van der Waals surface area contributed by atoms with Crippen LogP contribution in [0.2, 0.25) is 0 Å². The maximum Gasteiger partial charge on any atom is 0.208 e. The van der Waals surface area contributed by atoms with Gasteiger partial charge in [0, 0.05) is 23.9 Å². The Bertz CT molecular complexity index is 893. The first-order chi connectivity index (χ1) is 11.1. The van der Waals surface area contributed by atoms with Crippen LogP contribution < -0.4 is 0 Å². The molecule has 0 bridgehead atoms. The molecule has 0 spiro atoms. The van der Waals surface area contributed by atoms with Gasteiger partial charge in [-0.3, -0.25) is 4.79 Å². The first-order valence-corrected chi connectivity index (χ1v) is 8.67. The lowest BCUT2D eigenvalue weighted by molar-refractivity contribution is 0.0993. The molecule has 4 rings (SSSR count). The van der Waals surface area contributed by atoms with Crippen LogP contribution in [0.1, 0.15) is 40.7 Å². The third-order valence-electron chi connectivity index (χ3n) is 4.24. The summed E-state index contributed by atoms with van der Waals surface area (Å²) in [5.41, 5.74) is 1.66. The molecule has 0 radical (unpaired) electrons. The number of thioether (sulfide) groups is 1. The predicted octanol–water partition coefficient (Wildman–Crippen LogP) is 3.72. The summed E-state index contributed by atoms with van der Waals surface area (Å²) in [6.45, 7) is 1.93. The number of rotatable bonds is 5. The Morgan fingerprint density at radius 1 is 1.35 bits per heavy atom. The maximum atomic E-state index is 12.5. The molecular formula is C17H17N3O2S. The van der Waals surface area contributed by atoms with E-state index in [1.807, 2.05) is 42.8 Å². The molecule has 0 N–H and O–H groups in total. The highest BCUT2D eigenvalue weighted by molar-refractivity contribution is 7.99. The van der Waals surface area contributed by atoms with Crippen LogP contribution in [0.25, 0.3) is 11.0 Å². The number of carbonyl (C=O) groups is 1. The van der Waals surface area contributed by atoms with Crippen LogP contribution in [0.4, 0.5) is 0 Å². The highest BCUT2D eigenvalue weighted by Crippen LogP contribution is 2.39. The van der Waals surface area contributed by atoms with Crippen molar-refractivity contribution in [3.8, 4) is 0 Å². The van der Waals surface area contributed by atoms with Gasteiger partial charge in [0.2, 0.25) is 5.78 Å². The van der Waals surface area contributed by atoms with Crippen molar-refractivity contribution in [3.63, 3.8) is 0 Å². The van der Waals surface area contributed by atoms with Crippen molar-refractivity contribution in [2.24, 2.45) is 7.05 Å². The monoisotopic (exact) mass is 327 g/mol. The van der Waals surface area contributed by atoms with Crippen LogP contribution in [0.5, 0.6) is 0 Å². The van der Waals surface area contributed by atoms with E-state index >= 15 is 0 Å². The van der Waals surface area contributed by atoms with E-state index in [1.165, 1.54) is 24.6 Å². The summed E-state index contributed by atoms with van der Waals surface area (Å²) >= 11 is 1.41. The zero-order valence-electron chi connectivity index (χ0n) is 13.1. The third-order valence-corrected chi connectivity index (χ3v) is 5.26. The standard InChI is InChI=1S/C17H17N3O2S/c1-10-12-5-3-4-6-14(12)22-15(10)13(21)9-23-17-19-18-16(20(17)2)11-7-8-11/h3-6,11H,7-9H2,1-2H3. The van der Waals surface area contributed by atoms with Crippen molar-refractivity contribution in [1.82, 2.24) is 14.8 Å². The molecule has 3 aromatic rings. The SMILES string of the molecule is Cc1c(C(=O)CSc2nnc(C3CC3)n2C)oc2ccccc12. The van der Waals surface area contributed by atoms with E-state index in [9.17, 15) is 4.79 Å². The molecule has 6 heteroatoms. The van der Waals surface area contributed by atoms with Gasteiger partial charge in [0.1, 0.15) is 11.4 Å². The predicted molar refractivity (Wildman–Crippen MR) is 89.0 cm³/mol. The van der Waals surface area contributed by atoms with Crippen LogP contribution in [0.15, 0.2) is 33.8 Å². The first kappa shape index (κ1) is 14.5. The molecule has 2 aromatic heterocycles. The highest BCUT2D eigenvalue weighted by atomic mass is 32.2. The molecule has 1 saturated carbocycles. The van der Waals surface area contributed by atoms with Crippen LogP contribution in [-0.2, 0) is 7.05 Å². The molecule has 5 nitrogen and oxygen atoms in total. The number of Topliss-reactive ketones (excluding diaryl/α,β-unsaturated/α-hetero) is 1. The molecule has 2 heterocycles. The van der Waals surface area contributed by atoms with E-state index in [0.29, 0.717) is 17.4 Å².